The van der Waals surface area contributed by atoms with E-state index in [4.69, 9.17) is 0 Å². The topological polar surface area (TPSA) is 15.3 Å². The SMILES string of the molecule is CNC(C)c1ccccc1N1CCc2ccccc2C1. The molecule has 2 heteroatoms. The summed E-state index contributed by atoms with van der Waals surface area (Å²) in [4.78, 5) is 2.51. The summed E-state index contributed by atoms with van der Waals surface area (Å²) < 4.78 is 0. The second-order valence-corrected chi connectivity index (χ2v) is 5.51. The lowest BCUT2D eigenvalue weighted by Gasteiger charge is -2.33. The van der Waals surface area contributed by atoms with Gasteiger partial charge >= 0.3 is 0 Å². The summed E-state index contributed by atoms with van der Waals surface area (Å²) in [7, 11) is 2.02. The molecule has 1 unspecified atom stereocenters. The first-order valence-electron chi connectivity index (χ1n) is 7.37. The Bertz CT molecular complexity index is 591. The van der Waals surface area contributed by atoms with E-state index >= 15 is 0 Å². The Balaban J connectivity index is 1.92. The molecule has 0 spiro atoms. The third-order valence-electron chi connectivity index (χ3n) is 4.31. The number of fused-ring (bicyclic) bond motifs is 1. The molecule has 0 aliphatic carbocycles. The zero-order chi connectivity index (χ0) is 13.9. The van der Waals surface area contributed by atoms with Gasteiger partial charge in [0.15, 0.2) is 0 Å². The predicted molar refractivity (Wildman–Crippen MR) is 85.1 cm³/mol. The molecule has 1 N–H and O–H groups in total. The van der Waals surface area contributed by atoms with Gasteiger partial charge < -0.3 is 10.2 Å². The second-order valence-electron chi connectivity index (χ2n) is 5.51. The summed E-state index contributed by atoms with van der Waals surface area (Å²) in [6, 6.07) is 17.9. The van der Waals surface area contributed by atoms with Crippen LogP contribution >= 0.6 is 0 Å². The smallest absolute Gasteiger partial charge is 0.0432 e. The van der Waals surface area contributed by atoms with Crippen molar-refractivity contribution < 1.29 is 0 Å². The molecule has 0 aromatic heterocycles. The number of para-hydroxylation sites is 1. The normalized spacial score (nSPS) is 15.8. The van der Waals surface area contributed by atoms with Crippen molar-refractivity contribution in [3.05, 3.63) is 65.2 Å². The van der Waals surface area contributed by atoms with Gasteiger partial charge in [-0.2, -0.15) is 0 Å². The minimum Gasteiger partial charge on any atom is -0.367 e. The summed E-state index contributed by atoms with van der Waals surface area (Å²) in [5, 5.41) is 3.35. The maximum absolute atomic E-state index is 3.35. The van der Waals surface area contributed by atoms with Crippen LogP contribution in [0.1, 0.15) is 29.7 Å². The standard InChI is InChI=1S/C18H22N2/c1-14(19-2)17-9-5-6-10-18(17)20-12-11-15-7-3-4-8-16(15)13-20/h3-10,14,19H,11-13H2,1-2H3. The van der Waals surface area contributed by atoms with E-state index in [0.717, 1.165) is 19.5 Å². The van der Waals surface area contributed by atoms with E-state index in [1.165, 1.54) is 22.4 Å². The predicted octanol–water partition coefficient (Wildman–Crippen LogP) is 3.53. The molecule has 0 fully saturated rings. The number of nitrogens with one attached hydrogen (secondary N) is 1. The fourth-order valence-electron chi connectivity index (χ4n) is 3.00. The van der Waals surface area contributed by atoms with E-state index in [-0.39, 0.29) is 0 Å². The molecule has 0 saturated carbocycles. The Morgan fingerprint density at radius 2 is 1.70 bits per heavy atom. The fourth-order valence-corrected chi connectivity index (χ4v) is 3.00. The maximum Gasteiger partial charge on any atom is 0.0432 e. The van der Waals surface area contributed by atoms with E-state index in [9.17, 15) is 0 Å². The van der Waals surface area contributed by atoms with Gasteiger partial charge in [-0.25, -0.2) is 0 Å². The lowest BCUT2D eigenvalue weighted by atomic mass is 9.97. The van der Waals surface area contributed by atoms with Crippen molar-refractivity contribution in [2.24, 2.45) is 0 Å². The van der Waals surface area contributed by atoms with Gasteiger partial charge in [0, 0.05) is 24.8 Å². The first-order chi connectivity index (χ1) is 9.79. The van der Waals surface area contributed by atoms with Gasteiger partial charge in [-0.3, -0.25) is 0 Å². The first kappa shape index (κ1) is 13.2. The van der Waals surface area contributed by atoms with E-state index in [2.05, 4.69) is 65.7 Å². The van der Waals surface area contributed by atoms with Crippen LogP contribution in [-0.2, 0) is 13.0 Å². The van der Waals surface area contributed by atoms with Crippen LogP contribution < -0.4 is 10.2 Å². The highest BCUT2D eigenvalue weighted by molar-refractivity contribution is 5.56. The lowest BCUT2D eigenvalue weighted by molar-refractivity contribution is 0.642. The molecule has 2 aromatic carbocycles. The summed E-state index contributed by atoms with van der Waals surface area (Å²) in [6.07, 6.45) is 1.14. The van der Waals surface area contributed by atoms with E-state index in [0.29, 0.717) is 6.04 Å². The van der Waals surface area contributed by atoms with Gasteiger partial charge in [0.25, 0.3) is 0 Å². The van der Waals surface area contributed by atoms with Gasteiger partial charge in [0.1, 0.15) is 0 Å². The number of nitrogens with zero attached hydrogens (tertiary/aromatic N) is 1. The zero-order valence-electron chi connectivity index (χ0n) is 12.3. The van der Waals surface area contributed by atoms with Crippen LogP contribution in [-0.4, -0.2) is 13.6 Å². The molecule has 2 aromatic rings. The van der Waals surface area contributed by atoms with E-state index < -0.39 is 0 Å². The van der Waals surface area contributed by atoms with Crippen LogP contribution in [0.5, 0.6) is 0 Å². The molecular weight excluding hydrogens is 244 g/mol. The molecule has 1 atom stereocenters. The van der Waals surface area contributed by atoms with Gasteiger partial charge in [-0.1, -0.05) is 42.5 Å². The maximum atomic E-state index is 3.35. The van der Waals surface area contributed by atoms with Crippen LogP contribution in [0, 0.1) is 0 Å². The first-order valence-corrected chi connectivity index (χ1v) is 7.37. The number of hydrogen-bond donors (Lipinski definition) is 1. The molecule has 1 aliphatic heterocycles. The van der Waals surface area contributed by atoms with Crippen molar-refractivity contribution in [1.82, 2.24) is 5.32 Å². The molecule has 0 saturated heterocycles. The lowest BCUT2D eigenvalue weighted by Crippen LogP contribution is -2.31. The number of rotatable bonds is 3. The summed E-state index contributed by atoms with van der Waals surface area (Å²) in [6.45, 7) is 4.34. The Hall–Kier alpha value is -1.80. The van der Waals surface area contributed by atoms with Crippen LogP contribution in [0.2, 0.25) is 0 Å². The van der Waals surface area contributed by atoms with Crippen LogP contribution in [0.25, 0.3) is 0 Å². The van der Waals surface area contributed by atoms with Crippen LogP contribution in [0.15, 0.2) is 48.5 Å². The van der Waals surface area contributed by atoms with Gasteiger partial charge in [0.05, 0.1) is 0 Å². The largest absolute Gasteiger partial charge is 0.367 e. The Morgan fingerprint density at radius 1 is 1.00 bits per heavy atom. The van der Waals surface area contributed by atoms with E-state index in [1.807, 2.05) is 7.05 Å². The quantitative estimate of drug-likeness (QED) is 0.914. The van der Waals surface area contributed by atoms with Gasteiger partial charge in [0.2, 0.25) is 0 Å². The Morgan fingerprint density at radius 3 is 2.50 bits per heavy atom. The summed E-state index contributed by atoms with van der Waals surface area (Å²) in [5.74, 6) is 0. The highest BCUT2D eigenvalue weighted by Crippen LogP contribution is 2.30. The number of anilines is 1. The molecule has 0 amide bonds. The van der Waals surface area contributed by atoms with Crippen molar-refractivity contribution in [3.8, 4) is 0 Å². The fraction of sp³-hybridized carbons (Fsp3) is 0.333. The summed E-state index contributed by atoms with van der Waals surface area (Å²) >= 11 is 0. The number of benzene rings is 2. The average molecular weight is 266 g/mol. The summed E-state index contributed by atoms with van der Waals surface area (Å²) in [5.41, 5.74) is 5.71. The molecular formula is C18H22N2. The van der Waals surface area contributed by atoms with Gasteiger partial charge in [-0.05, 0) is 43.1 Å². The monoisotopic (exact) mass is 266 g/mol. The van der Waals surface area contributed by atoms with E-state index in [1.54, 1.807) is 0 Å². The van der Waals surface area contributed by atoms with Crippen LogP contribution in [0.3, 0.4) is 0 Å². The Kier molecular flexibility index (Phi) is 3.75. The highest BCUT2D eigenvalue weighted by Gasteiger charge is 2.19. The average Bonchev–Trinajstić information content (AvgIpc) is 2.53. The molecule has 0 radical (unpaired) electrons. The molecule has 1 heterocycles. The molecule has 1 aliphatic rings. The Labute approximate surface area is 121 Å². The molecule has 20 heavy (non-hydrogen) atoms. The van der Waals surface area contributed by atoms with Crippen molar-refractivity contribution in [2.45, 2.75) is 25.9 Å². The minimum atomic E-state index is 0.378. The zero-order valence-corrected chi connectivity index (χ0v) is 12.3. The molecule has 3 rings (SSSR count). The third-order valence-corrected chi connectivity index (χ3v) is 4.31. The molecule has 104 valence electrons. The third kappa shape index (κ3) is 2.44. The minimum absolute atomic E-state index is 0.378. The number of hydrogen-bond acceptors (Lipinski definition) is 2. The van der Waals surface area contributed by atoms with Crippen molar-refractivity contribution in [1.29, 1.82) is 0 Å². The van der Waals surface area contributed by atoms with Crippen LogP contribution in [0.4, 0.5) is 5.69 Å². The molecule has 2 nitrogen and oxygen atoms in total. The second kappa shape index (κ2) is 5.68. The van der Waals surface area contributed by atoms with Crippen molar-refractivity contribution in [2.75, 3.05) is 18.5 Å². The van der Waals surface area contributed by atoms with Crippen molar-refractivity contribution in [3.63, 3.8) is 0 Å². The highest BCUT2D eigenvalue weighted by atomic mass is 15.1. The van der Waals surface area contributed by atoms with Gasteiger partial charge in [-0.15, -0.1) is 0 Å². The van der Waals surface area contributed by atoms with Crippen molar-refractivity contribution >= 4 is 5.69 Å². The molecule has 0 bridgehead atoms.